The van der Waals surface area contributed by atoms with Crippen LogP contribution in [-0.2, 0) is 4.74 Å². The average Bonchev–Trinajstić information content (AvgIpc) is 2.18. The lowest BCUT2D eigenvalue weighted by molar-refractivity contribution is 0.0785. The van der Waals surface area contributed by atoms with E-state index >= 15 is 0 Å². The van der Waals surface area contributed by atoms with Gasteiger partial charge >= 0.3 is 0 Å². The highest BCUT2D eigenvalue weighted by Gasteiger charge is 2.09. The molecule has 2 nitrogen and oxygen atoms in total. The first kappa shape index (κ1) is 11.7. The second-order valence-corrected chi connectivity index (χ2v) is 4.43. The van der Waals surface area contributed by atoms with Gasteiger partial charge in [-0.25, -0.2) is 0 Å². The Morgan fingerprint density at radius 3 is 2.71 bits per heavy atom. The molecule has 1 aliphatic heterocycles. The van der Waals surface area contributed by atoms with Gasteiger partial charge in [0.05, 0.1) is 0 Å². The van der Waals surface area contributed by atoms with E-state index in [1.54, 1.807) is 0 Å². The summed E-state index contributed by atoms with van der Waals surface area (Å²) in [6, 6.07) is 0. The molecular weight excluding hydrogens is 174 g/mol. The predicted octanol–water partition coefficient (Wildman–Crippen LogP) is 2.21. The van der Waals surface area contributed by atoms with Crippen molar-refractivity contribution in [3.8, 4) is 0 Å². The lowest BCUT2D eigenvalue weighted by Crippen LogP contribution is -2.20. The molecule has 0 radical (unpaired) electrons. The Kier molecular flexibility index (Phi) is 5.88. The second kappa shape index (κ2) is 7.02. The predicted molar refractivity (Wildman–Crippen MR) is 60.4 cm³/mol. The molecule has 0 spiro atoms. The van der Waals surface area contributed by atoms with Crippen molar-refractivity contribution in [1.82, 2.24) is 5.32 Å². The minimum absolute atomic E-state index is 0.742. The minimum atomic E-state index is 0.742. The quantitative estimate of drug-likeness (QED) is 0.539. The normalized spacial score (nSPS) is 19.6. The number of nitrogens with one attached hydrogen (secondary N) is 1. The number of hydrogen-bond donors (Lipinski definition) is 1. The van der Waals surface area contributed by atoms with Gasteiger partial charge in [0.2, 0.25) is 0 Å². The number of allylic oxidation sites excluding steroid dienone is 1. The van der Waals surface area contributed by atoms with Crippen LogP contribution in [-0.4, -0.2) is 26.3 Å². The van der Waals surface area contributed by atoms with Crippen LogP contribution in [0.15, 0.2) is 12.2 Å². The summed E-state index contributed by atoms with van der Waals surface area (Å²) in [5.41, 5.74) is 0. The van der Waals surface area contributed by atoms with Crippen molar-refractivity contribution in [3.05, 3.63) is 12.2 Å². The van der Waals surface area contributed by atoms with Gasteiger partial charge in [-0.3, -0.25) is 0 Å². The molecule has 0 aliphatic carbocycles. The molecule has 1 saturated heterocycles. The van der Waals surface area contributed by atoms with Crippen molar-refractivity contribution in [2.45, 2.75) is 26.7 Å². The third-order valence-electron chi connectivity index (χ3n) is 2.49. The van der Waals surface area contributed by atoms with E-state index in [4.69, 9.17) is 4.74 Å². The molecule has 0 amide bonds. The van der Waals surface area contributed by atoms with Crippen LogP contribution in [0.4, 0.5) is 0 Å². The van der Waals surface area contributed by atoms with Crippen molar-refractivity contribution in [2.75, 3.05) is 26.3 Å². The first-order chi connectivity index (χ1) is 6.79. The van der Waals surface area contributed by atoms with Crippen LogP contribution < -0.4 is 5.32 Å². The summed E-state index contributed by atoms with van der Waals surface area (Å²) < 4.78 is 5.31. The molecule has 0 aromatic rings. The second-order valence-electron chi connectivity index (χ2n) is 4.43. The largest absolute Gasteiger partial charge is 0.381 e. The molecule has 2 heteroatoms. The highest BCUT2D eigenvalue weighted by Crippen LogP contribution is 2.15. The first-order valence-electron chi connectivity index (χ1n) is 5.74. The van der Waals surface area contributed by atoms with Crippen LogP contribution in [0, 0.1) is 11.8 Å². The fourth-order valence-electron chi connectivity index (χ4n) is 1.62. The van der Waals surface area contributed by atoms with Gasteiger partial charge in [-0.05, 0) is 31.2 Å². The van der Waals surface area contributed by atoms with Crippen molar-refractivity contribution in [2.24, 2.45) is 11.8 Å². The van der Waals surface area contributed by atoms with Crippen LogP contribution in [0.1, 0.15) is 26.7 Å². The van der Waals surface area contributed by atoms with Gasteiger partial charge in [-0.2, -0.15) is 0 Å². The van der Waals surface area contributed by atoms with Gasteiger partial charge < -0.3 is 10.1 Å². The molecule has 0 bridgehead atoms. The summed E-state index contributed by atoms with van der Waals surface area (Å²) in [7, 11) is 0. The molecule has 14 heavy (non-hydrogen) atoms. The summed E-state index contributed by atoms with van der Waals surface area (Å²) in [4.78, 5) is 0. The molecule has 1 heterocycles. The Morgan fingerprint density at radius 2 is 2.07 bits per heavy atom. The highest BCUT2D eigenvalue weighted by atomic mass is 16.5. The van der Waals surface area contributed by atoms with E-state index in [0.717, 1.165) is 38.1 Å². The van der Waals surface area contributed by atoms with E-state index in [1.165, 1.54) is 12.8 Å². The molecule has 1 N–H and O–H groups in total. The fourth-order valence-corrected chi connectivity index (χ4v) is 1.62. The highest BCUT2D eigenvalue weighted by molar-refractivity contribution is 4.90. The van der Waals surface area contributed by atoms with E-state index in [-0.39, 0.29) is 0 Å². The molecule has 0 saturated carbocycles. The Hall–Kier alpha value is -0.340. The smallest absolute Gasteiger partial charge is 0.0471 e. The average molecular weight is 197 g/mol. The Bertz CT molecular complexity index is 160. The Labute approximate surface area is 87.7 Å². The van der Waals surface area contributed by atoms with Crippen LogP contribution in [0.5, 0.6) is 0 Å². The van der Waals surface area contributed by atoms with Crippen molar-refractivity contribution >= 4 is 0 Å². The van der Waals surface area contributed by atoms with Crippen molar-refractivity contribution < 1.29 is 4.74 Å². The van der Waals surface area contributed by atoms with E-state index in [1.807, 2.05) is 0 Å². The Morgan fingerprint density at radius 1 is 1.36 bits per heavy atom. The maximum absolute atomic E-state index is 5.31. The van der Waals surface area contributed by atoms with Gasteiger partial charge in [-0.1, -0.05) is 26.0 Å². The van der Waals surface area contributed by atoms with Crippen molar-refractivity contribution in [3.63, 3.8) is 0 Å². The SMILES string of the molecule is CC(C)CNCC=CC1CCOCC1. The maximum Gasteiger partial charge on any atom is 0.0471 e. The fraction of sp³-hybridized carbons (Fsp3) is 0.833. The molecule has 1 fully saturated rings. The summed E-state index contributed by atoms with van der Waals surface area (Å²) in [5, 5.41) is 3.41. The van der Waals surface area contributed by atoms with Crippen LogP contribution in [0.25, 0.3) is 0 Å². The summed E-state index contributed by atoms with van der Waals surface area (Å²) in [6.07, 6.45) is 7.00. The molecule has 1 aliphatic rings. The van der Waals surface area contributed by atoms with Gasteiger partial charge in [0.1, 0.15) is 0 Å². The van der Waals surface area contributed by atoms with E-state index in [2.05, 4.69) is 31.3 Å². The van der Waals surface area contributed by atoms with Crippen LogP contribution in [0.3, 0.4) is 0 Å². The molecular formula is C12H23NO. The molecule has 0 atom stereocenters. The monoisotopic (exact) mass is 197 g/mol. The number of ether oxygens (including phenoxy) is 1. The molecule has 0 aromatic heterocycles. The van der Waals surface area contributed by atoms with E-state index in [9.17, 15) is 0 Å². The van der Waals surface area contributed by atoms with Crippen LogP contribution in [0.2, 0.25) is 0 Å². The standard InChI is InChI=1S/C12H23NO/c1-11(2)10-13-7-3-4-12-5-8-14-9-6-12/h3-4,11-13H,5-10H2,1-2H3. The number of rotatable bonds is 5. The van der Waals surface area contributed by atoms with Gasteiger partial charge in [-0.15, -0.1) is 0 Å². The van der Waals surface area contributed by atoms with Crippen molar-refractivity contribution in [1.29, 1.82) is 0 Å². The lowest BCUT2D eigenvalue weighted by atomic mass is 10.00. The Balaban J connectivity index is 2.01. The third kappa shape index (κ3) is 5.40. The van der Waals surface area contributed by atoms with Gasteiger partial charge in [0, 0.05) is 19.8 Å². The van der Waals surface area contributed by atoms with E-state index in [0.29, 0.717) is 0 Å². The molecule has 1 rings (SSSR count). The van der Waals surface area contributed by atoms with E-state index < -0.39 is 0 Å². The zero-order valence-electron chi connectivity index (χ0n) is 9.46. The summed E-state index contributed by atoms with van der Waals surface area (Å²) in [5.74, 6) is 1.50. The number of hydrogen-bond acceptors (Lipinski definition) is 2. The summed E-state index contributed by atoms with van der Waals surface area (Å²) in [6.45, 7) is 8.46. The minimum Gasteiger partial charge on any atom is -0.381 e. The third-order valence-corrected chi connectivity index (χ3v) is 2.49. The van der Waals surface area contributed by atoms with Crippen LogP contribution >= 0.6 is 0 Å². The maximum atomic E-state index is 5.31. The molecule has 0 unspecified atom stereocenters. The van der Waals surface area contributed by atoms with Gasteiger partial charge in [0.15, 0.2) is 0 Å². The lowest BCUT2D eigenvalue weighted by Gasteiger charge is -2.18. The molecule has 82 valence electrons. The zero-order chi connectivity index (χ0) is 10.2. The zero-order valence-corrected chi connectivity index (χ0v) is 9.46. The van der Waals surface area contributed by atoms with Gasteiger partial charge in [0.25, 0.3) is 0 Å². The topological polar surface area (TPSA) is 21.3 Å². The molecule has 0 aromatic carbocycles. The summed E-state index contributed by atoms with van der Waals surface area (Å²) >= 11 is 0. The first-order valence-corrected chi connectivity index (χ1v) is 5.74.